The van der Waals surface area contributed by atoms with Gasteiger partial charge in [0.2, 0.25) is 0 Å². The fourth-order valence-electron chi connectivity index (χ4n) is 2.54. The first-order chi connectivity index (χ1) is 10.6. The van der Waals surface area contributed by atoms with E-state index in [0.717, 1.165) is 32.1 Å². The minimum absolute atomic E-state index is 0.110. The first-order valence-corrected chi connectivity index (χ1v) is 9.11. The van der Waals surface area contributed by atoms with E-state index in [9.17, 15) is 15.0 Å². The number of ether oxygens (including phenoxy) is 1. The minimum Gasteiger partial charge on any atom is -0.466 e. The Balaban J connectivity index is 3.24. The zero-order chi connectivity index (χ0) is 16.6. The average Bonchev–Trinajstić information content (AvgIpc) is 2.48. The zero-order valence-corrected chi connectivity index (χ0v) is 14.6. The Bertz CT molecular complexity index is 255. The van der Waals surface area contributed by atoms with Gasteiger partial charge in [-0.1, -0.05) is 58.3 Å². The highest BCUT2D eigenvalue weighted by Gasteiger charge is 2.10. The molecule has 0 aromatic heterocycles. The smallest absolute Gasteiger partial charge is 0.308 e. The number of carbonyl (C=O) groups is 1. The number of unbranched alkanes of at least 4 members (excludes halogenated alkanes) is 7. The number of hydrogen-bond acceptors (Lipinski definition) is 4. The Hall–Kier alpha value is -0.610. The molecule has 4 heteroatoms. The second-order valence-electron chi connectivity index (χ2n) is 6.13. The van der Waals surface area contributed by atoms with Crippen molar-refractivity contribution in [3.8, 4) is 0 Å². The van der Waals surface area contributed by atoms with Gasteiger partial charge >= 0.3 is 5.97 Å². The minimum atomic E-state index is -0.552. The largest absolute Gasteiger partial charge is 0.466 e. The highest BCUT2D eigenvalue weighted by atomic mass is 16.5. The van der Waals surface area contributed by atoms with Crippen LogP contribution in [0, 0.1) is 0 Å². The lowest BCUT2D eigenvalue weighted by Crippen LogP contribution is -2.15. The molecule has 0 amide bonds. The molecule has 0 aromatic rings. The van der Waals surface area contributed by atoms with Gasteiger partial charge in [0.25, 0.3) is 0 Å². The van der Waals surface area contributed by atoms with Crippen LogP contribution in [0.3, 0.4) is 0 Å². The van der Waals surface area contributed by atoms with E-state index in [-0.39, 0.29) is 18.5 Å². The van der Waals surface area contributed by atoms with Crippen LogP contribution in [0.25, 0.3) is 0 Å². The lowest BCUT2D eigenvalue weighted by Gasteiger charge is -2.09. The van der Waals surface area contributed by atoms with E-state index in [1.165, 1.54) is 32.1 Å². The average molecular weight is 316 g/mol. The molecule has 4 nitrogen and oxygen atoms in total. The van der Waals surface area contributed by atoms with Gasteiger partial charge in [-0.05, 0) is 26.2 Å². The van der Waals surface area contributed by atoms with Gasteiger partial charge in [0.1, 0.15) is 0 Å². The van der Waals surface area contributed by atoms with Crippen molar-refractivity contribution >= 4 is 5.97 Å². The van der Waals surface area contributed by atoms with Crippen LogP contribution in [-0.4, -0.2) is 35.0 Å². The number of carbonyl (C=O) groups excluding carboxylic acids is 1. The lowest BCUT2D eigenvalue weighted by atomic mass is 10.0. The van der Waals surface area contributed by atoms with Gasteiger partial charge < -0.3 is 14.9 Å². The number of rotatable bonds is 15. The third kappa shape index (κ3) is 14.3. The first-order valence-electron chi connectivity index (χ1n) is 9.11. The molecule has 2 atom stereocenters. The van der Waals surface area contributed by atoms with Crippen molar-refractivity contribution in [3.05, 3.63) is 0 Å². The molecule has 0 aliphatic heterocycles. The first kappa shape index (κ1) is 21.4. The Morgan fingerprint density at radius 3 is 1.73 bits per heavy atom. The molecule has 0 aromatic carbocycles. The Morgan fingerprint density at radius 2 is 1.27 bits per heavy atom. The maximum absolute atomic E-state index is 11.2. The van der Waals surface area contributed by atoms with Crippen molar-refractivity contribution in [2.45, 2.75) is 103 Å². The Kier molecular flexibility index (Phi) is 14.9. The molecule has 0 saturated carbocycles. The van der Waals surface area contributed by atoms with Crippen LogP contribution in [0.5, 0.6) is 0 Å². The van der Waals surface area contributed by atoms with E-state index in [0.29, 0.717) is 13.0 Å². The van der Waals surface area contributed by atoms with Gasteiger partial charge in [-0.3, -0.25) is 4.79 Å². The van der Waals surface area contributed by atoms with Crippen LogP contribution in [-0.2, 0) is 9.53 Å². The van der Waals surface area contributed by atoms with Gasteiger partial charge in [-0.15, -0.1) is 0 Å². The summed E-state index contributed by atoms with van der Waals surface area (Å²) >= 11 is 0. The number of aliphatic hydroxyl groups is 2. The summed E-state index contributed by atoms with van der Waals surface area (Å²) in [5.74, 6) is -0.303. The highest BCUT2D eigenvalue weighted by Crippen LogP contribution is 2.13. The number of hydrogen-bond donors (Lipinski definition) is 2. The van der Waals surface area contributed by atoms with Crippen molar-refractivity contribution < 1.29 is 19.7 Å². The summed E-state index contributed by atoms with van der Waals surface area (Å²) in [6.45, 7) is 4.17. The van der Waals surface area contributed by atoms with E-state index in [4.69, 9.17) is 4.74 Å². The number of esters is 1. The molecule has 0 spiro atoms. The number of aliphatic hydroxyl groups excluding tert-OH is 2. The van der Waals surface area contributed by atoms with Crippen LogP contribution >= 0.6 is 0 Å². The normalized spacial score (nSPS) is 13.8. The van der Waals surface area contributed by atoms with Gasteiger partial charge in [-0.2, -0.15) is 0 Å². The molecule has 0 aliphatic rings. The fourth-order valence-corrected chi connectivity index (χ4v) is 2.54. The summed E-state index contributed by atoms with van der Waals surface area (Å²) in [5, 5.41) is 19.1. The third-order valence-electron chi connectivity index (χ3n) is 4.00. The summed E-state index contributed by atoms with van der Waals surface area (Å²) in [6.07, 6.45) is 11.3. The van der Waals surface area contributed by atoms with Crippen molar-refractivity contribution in [1.29, 1.82) is 0 Å². The summed E-state index contributed by atoms with van der Waals surface area (Å²) in [6, 6.07) is 0. The maximum Gasteiger partial charge on any atom is 0.308 e. The predicted molar refractivity (Wildman–Crippen MR) is 89.7 cm³/mol. The maximum atomic E-state index is 11.2. The van der Waals surface area contributed by atoms with Gasteiger partial charge in [0.15, 0.2) is 0 Å². The molecule has 0 heterocycles. The van der Waals surface area contributed by atoms with Crippen LogP contribution in [0.2, 0.25) is 0 Å². The zero-order valence-electron chi connectivity index (χ0n) is 14.6. The van der Waals surface area contributed by atoms with Crippen molar-refractivity contribution in [1.82, 2.24) is 0 Å². The van der Waals surface area contributed by atoms with E-state index < -0.39 is 6.10 Å². The fraction of sp³-hybridized carbons (Fsp3) is 0.944. The van der Waals surface area contributed by atoms with Crippen LogP contribution in [0.1, 0.15) is 90.9 Å². The third-order valence-corrected chi connectivity index (χ3v) is 4.00. The Labute approximate surface area is 136 Å². The second kappa shape index (κ2) is 15.3. The molecular formula is C18H36O4. The molecule has 0 fully saturated rings. The van der Waals surface area contributed by atoms with Gasteiger partial charge in [0.05, 0.1) is 25.2 Å². The van der Waals surface area contributed by atoms with E-state index in [1.807, 2.05) is 6.92 Å². The standard InChI is InChI=1S/C18H36O4/c1-3-16(19)13-11-9-7-5-6-8-10-12-14-17(20)15-18(21)22-4-2/h16-17,19-20H,3-15H2,1-2H3. The van der Waals surface area contributed by atoms with E-state index in [1.54, 1.807) is 6.92 Å². The second-order valence-corrected chi connectivity index (χ2v) is 6.13. The van der Waals surface area contributed by atoms with Crippen LogP contribution in [0.4, 0.5) is 0 Å². The van der Waals surface area contributed by atoms with Crippen LogP contribution < -0.4 is 0 Å². The summed E-state index contributed by atoms with van der Waals surface area (Å²) in [5.41, 5.74) is 0. The lowest BCUT2D eigenvalue weighted by molar-refractivity contribution is -0.145. The van der Waals surface area contributed by atoms with Crippen molar-refractivity contribution in [2.24, 2.45) is 0 Å². The molecule has 0 saturated heterocycles. The molecule has 0 rings (SSSR count). The Morgan fingerprint density at radius 1 is 0.818 bits per heavy atom. The molecular weight excluding hydrogens is 280 g/mol. The predicted octanol–water partition coefficient (Wildman–Crippen LogP) is 3.97. The topological polar surface area (TPSA) is 66.8 Å². The molecule has 132 valence electrons. The summed E-state index contributed by atoms with van der Waals surface area (Å²) < 4.78 is 4.81. The van der Waals surface area contributed by atoms with E-state index >= 15 is 0 Å². The monoisotopic (exact) mass is 316 g/mol. The molecule has 0 aliphatic carbocycles. The molecule has 0 bridgehead atoms. The summed E-state index contributed by atoms with van der Waals surface area (Å²) in [4.78, 5) is 11.2. The molecule has 22 heavy (non-hydrogen) atoms. The van der Waals surface area contributed by atoms with Crippen LogP contribution in [0.15, 0.2) is 0 Å². The molecule has 2 unspecified atom stereocenters. The quantitative estimate of drug-likeness (QED) is 0.354. The highest BCUT2D eigenvalue weighted by molar-refractivity contribution is 5.69. The van der Waals surface area contributed by atoms with E-state index in [2.05, 4.69) is 0 Å². The van der Waals surface area contributed by atoms with Gasteiger partial charge in [0, 0.05) is 0 Å². The van der Waals surface area contributed by atoms with Crippen molar-refractivity contribution in [3.63, 3.8) is 0 Å². The van der Waals surface area contributed by atoms with Gasteiger partial charge in [-0.25, -0.2) is 0 Å². The molecule has 0 radical (unpaired) electrons. The van der Waals surface area contributed by atoms with Crippen molar-refractivity contribution in [2.75, 3.05) is 6.61 Å². The SMILES string of the molecule is CCOC(=O)CC(O)CCCCCCCCCCC(O)CC. The summed E-state index contributed by atoms with van der Waals surface area (Å²) in [7, 11) is 0. The molecule has 2 N–H and O–H groups in total.